The molecule has 5 aromatic rings. The van der Waals surface area contributed by atoms with E-state index in [0.29, 0.717) is 9.79 Å². The van der Waals surface area contributed by atoms with E-state index in [2.05, 4.69) is 24.3 Å². The van der Waals surface area contributed by atoms with Crippen LogP contribution >= 0.6 is 0 Å². The maximum absolute atomic E-state index is 13.2. The number of hydrogen-bond acceptors (Lipinski definition) is 2. The van der Waals surface area contributed by atoms with Crippen LogP contribution in [0.15, 0.2) is 94.7 Å². The Morgan fingerprint density at radius 3 is 1.84 bits per heavy atom. The lowest BCUT2D eigenvalue weighted by Crippen LogP contribution is -2.03. The second-order valence-corrected chi connectivity index (χ2v) is 8.15. The minimum Gasteiger partial charge on any atom is -0.218 e. The Hall–Kier alpha value is -2.91. The maximum Gasteiger partial charge on any atom is 0.207 e. The molecule has 0 heterocycles. The minimum atomic E-state index is -3.56. The number of benzene rings is 5. The van der Waals surface area contributed by atoms with Crippen molar-refractivity contribution in [2.24, 2.45) is 0 Å². The average Bonchev–Trinajstić information content (AvgIpc) is 2.66. The van der Waals surface area contributed by atoms with Gasteiger partial charge in [-0.15, -0.1) is 0 Å². The monoisotopic (exact) mass is 342 g/mol. The van der Waals surface area contributed by atoms with Gasteiger partial charge in [-0.25, -0.2) is 8.42 Å². The number of sulfone groups is 1. The molecular weight excluding hydrogens is 328 g/mol. The Morgan fingerprint density at radius 2 is 1.12 bits per heavy atom. The van der Waals surface area contributed by atoms with Crippen molar-refractivity contribution in [3.05, 3.63) is 84.9 Å². The van der Waals surface area contributed by atoms with E-state index in [1.807, 2.05) is 30.3 Å². The molecular formula is C22H14O2S. The van der Waals surface area contributed by atoms with Gasteiger partial charge in [0.1, 0.15) is 0 Å². The van der Waals surface area contributed by atoms with Crippen molar-refractivity contribution < 1.29 is 8.42 Å². The Bertz CT molecular complexity index is 1320. The molecule has 0 amide bonds. The van der Waals surface area contributed by atoms with Crippen LogP contribution in [0.3, 0.4) is 0 Å². The van der Waals surface area contributed by atoms with E-state index in [9.17, 15) is 8.42 Å². The molecule has 25 heavy (non-hydrogen) atoms. The van der Waals surface area contributed by atoms with E-state index in [4.69, 9.17) is 0 Å². The molecule has 0 fully saturated rings. The van der Waals surface area contributed by atoms with Gasteiger partial charge < -0.3 is 0 Å². The van der Waals surface area contributed by atoms with Crippen molar-refractivity contribution >= 4 is 42.2 Å². The van der Waals surface area contributed by atoms with Crippen molar-refractivity contribution in [1.82, 2.24) is 0 Å². The van der Waals surface area contributed by atoms with Crippen molar-refractivity contribution in [1.29, 1.82) is 0 Å². The zero-order valence-electron chi connectivity index (χ0n) is 13.3. The molecule has 5 rings (SSSR count). The average molecular weight is 342 g/mol. The van der Waals surface area contributed by atoms with Gasteiger partial charge in [-0.3, -0.25) is 0 Å². The summed E-state index contributed by atoms with van der Waals surface area (Å²) in [6.45, 7) is 0. The first-order valence-corrected chi connectivity index (χ1v) is 9.61. The molecule has 0 aliphatic heterocycles. The smallest absolute Gasteiger partial charge is 0.207 e. The van der Waals surface area contributed by atoms with E-state index >= 15 is 0 Å². The number of rotatable bonds is 2. The summed E-state index contributed by atoms with van der Waals surface area (Å²) in [5.74, 6) is 0. The zero-order chi connectivity index (χ0) is 17.0. The summed E-state index contributed by atoms with van der Waals surface area (Å²) in [6, 6.07) is 26.5. The molecule has 0 saturated heterocycles. The third-order valence-corrected chi connectivity index (χ3v) is 6.66. The zero-order valence-corrected chi connectivity index (χ0v) is 14.1. The van der Waals surface area contributed by atoms with E-state index in [-0.39, 0.29) is 0 Å². The fourth-order valence-electron chi connectivity index (χ4n) is 3.67. The molecule has 0 atom stereocenters. The second-order valence-electron chi connectivity index (χ2n) is 6.24. The summed E-state index contributed by atoms with van der Waals surface area (Å²) in [6.07, 6.45) is 0. The van der Waals surface area contributed by atoms with Gasteiger partial charge in [0, 0.05) is 5.39 Å². The van der Waals surface area contributed by atoms with Crippen LogP contribution in [0.5, 0.6) is 0 Å². The predicted octanol–water partition coefficient (Wildman–Crippen LogP) is 5.42. The Kier molecular flexibility index (Phi) is 2.91. The highest BCUT2D eigenvalue weighted by atomic mass is 32.2. The van der Waals surface area contributed by atoms with Crippen molar-refractivity contribution in [3.8, 4) is 0 Å². The molecule has 0 aromatic heterocycles. The van der Waals surface area contributed by atoms with E-state index in [1.165, 1.54) is 0 Å². The first-order valence-electron chi connectivity index (χ1n) is 8.13. The Morgan fingerprint density at radius 1 is 0.520 bits per heavy atom. The molecule has 0 spiro atoms. The standard InChI is InChI=1S/C22H14O2S/c23-25(24,18-7-2-1-3-8-18)20-14-12-17-10-9-15-5-4-6-16-11-13-19(20)22(17)21(15)16/h1-14H. The summed E-state index contributed by atoms with van der Waals surface area (Å²) < 4.78 is 26.4. The van der Waals surface area contributed by atoms with Gasteiger partial charge in [0.15, 0.2) is 0 Å². The van der Waals surface area contributed by atoms with Gasteiger partial charge in [-0.1, -0.05) is 66.7 Å². The van der Waals surface area contributed by atoms with Crippen LogP contribution in [-0.2, 0) is 9.84 Å². The molecule has 0 saturated carbocycles. The molecule has 0 aliphatic carbocycles. The lowest BCUT2D eigenvalue weighted by molar-refractivity contribution is 0.597. The minimum absolute atomic E-state index is 0.324. The van der Waals surface area contributed by atoms with Crippen LogP contribution in [0.1, 0.15) is 0 Å². The molecule has 120 valence electrons. The first-order chi connectivity index (χ1) is 12.2. The fraction of sp³-hybridized carbons (Fsp3) is 0. The molecule has 0 bridgehead atoms. The fourth-order valence-corrected chi connectivity index (χ4v) is 5.15. The van der Waals surface area contributed by atoms with Crippen LogP contribution in [0.2, 0.25) is 0 Å². The molecule has 0 unspecified atom stereocenters. The molecule has 0 N–H and O–H groups in total. The third kappa shape index (κ3) is 1.99. The van der Waals surface area contributed by atoms with Gasteiger partial charge in [0.2, 0.25) is 9.84 Å². The lowest BCUT2D eigenvalue weighted by atomic mass is 9.94. The lowest BCUT2D eigenvalue weighted by Gasteiger charge is -2.14. The van der Waals surface area contributed by atoms with Crippen LogP contribution in [0, 0.1) is 0 Å². The van der Waals surface area contributed by atoms with E-state index < -0.39 is 9.84 Å². The SMILES string of the molecule is O=S(=O)(c1ccccc1)c1ccc2ccc3cccc4ccc1c2c34. The predicted molar refractivity (Wildman–Crippen MR) is 102 cm³/mol. The van der Waals surface area contributed by atoms with Crippen LogP contribution < -0.4 is 0 Å². The summed E-state index contributed by atoms with van der Waals surface area (Å²) >= 11 is 0. The quantitative estimate of drug-likeness (QED) is 0.402. The van der Waals surface area contributed by atoms with Gasteiger partial charge in [0.25, 0.3) is 0 Å². The van der Waals surface area contributed by atoms with Gasteiger partial charge >= 0.3 is 0 Å². The second kappa shape index (κ2) is 5.04. The Balaban J connectivity index is 1.95. The Labute approximate surface area is 145 Å². The number of hydrogen-bond donors (Lipinski definition) is 0. The van der Waals surface area contributed by atoms with Crippen LogP contribution in [0.25, 0.3) is 32.3 Å². The summed E-state index contributed by atoms with van der Waals surface area (Å²) in [5, 5.41) is 6.25. The van der Waals surface area contributed by atoms with Crippen molar-refractivity contribution in [2.45, 2.75) is 9.79 Å². The topological polar surface area (TPSA) is 34.1 Å². The summed E-state index contributed by atoms with van der Waals surface area (Å²) in [5.41, 5.74) is 0. The molecule has 5 aromatic carbocycles. The molecule has 0 radical (unpaired) electrons. The summed E-state index contributed by atoms with van der Waals surface area (Å²) in [7, 11) is -3.56. The van der Waals surface area contributed by atoms with Gasteiger partial charge in [-0.05, 0) is 45.1 Å². The van der Waals surface area contributed by atoms with Crippen molar-refractivity contribution in [2.75, 3.05) is 0 Å². The summed E-state index contributed by atoms with van der Waals surface area (Å²) in [4.78, 5) is 0.689. The van der Waals surface area contributed by atoms with Gasteiger partial charge in [0.05, 0.1) is 9.79 Å². The maximum atomic E-state index is 13.2. The third-order valence-electron chi connectivity index (χ3n) is 4.83. The normalized spacial score (nSPS) is 12.3. The van der Waals surface area contributed by atoms with Crippen LogP contribution in [0.4, 0.5) is 0 Å². The van der Waals surface area contributed by atoms with E-state index in [0.717, 1.165) is 32.3 Å². The highest BCUT2D eigenvalue weighted by Crippen LogP contribution is 2.38. The van der Waals surface area contributed by atoms with E-state index in [1.54, 1.807) is 30.3 Å². The van der Waals surface area contributed by atoms with Crippen LogP contribution in [-0.4, -0.2) is 8.42 Å². The first kappa shape index (κ1) is 14.4. The molecule has 3 heteroatoms. The molecule has 2 nitrogen and oxygen atoms in total. The van der Waals surface area contributed by atoms with Gasteiger partial charge in [-0.2, -0.15) is 0 Å². The molecule has 0 aliphatic rings. The highest BCUT2D eigenvalue weighted by Gasteiger charge is 2.21. The highest BCUT2D eigenvalue weighted by molar-refractivity contribution is 7.91. The largest absolute Gasteiger partial charge is 0.218 e. The van der Waals surface area contributed by atoms with Crippen molar-refractivity contribution in [3.63, 3.8) is 0 Å².